The van der Waals surface area contributed by atoms with Crippen LogP contribution in [0.1, 0.15) is 12.0 Å². The maximum absolute atomic E-state index is 11.6. The lowest BCUT2D eigenvalue weighted by Gasteiger charge is -2.14. The third kappa shape index (κ3) is 7.21. The molecule has 5 nitrogen and oxygen atoms in total. The number of aliphatic carboxylic acids is 1. The molecule has 0 atom stereocenters. The van der Waals surface area contributed by atoms with Crippen molar-refractivity contribution in [1.29, 1.82) is 0 Å². The number of amides is 1. The number of hydrogen-bond acceptors (Lipinski definition) is 3. The fourth-order valence-electron chi connectivity index (χ4n) is 1.66. The summed E-state index contributed by atoms with van der Waals surface area (Å²) in [5, 5.41) is 11.4. The SMILES string of the molecule is CN(CCC(=O)O)CC(=O)NCCc1ccccc1. The Labute approximate surface area is 113 Å². The van der Waals surface area contributed by atoms with Crippen LogP contribution in [0.15, 0.2) is 30.3 Å². The van der Waals surface area contributed by atoms with Gasteiger partial charge in [-0.05, 0) is 19.0 Å². The third-order valence-corrected chi connectivity index (χ3v) is 2.70. The van der Waals surface area contributed by atoms with Crippen molar-refractivity contribution >= 4 is 11.9 Å². The van der Waals surface area contributed by atoms with Gasteiger partial charge in [-0.15, -0.1) is 0 Å². The molecule has 0 bridgehead atoms. The van der Waals surface area contributed by atoms with Gasteiger partial charge < -0.3 is 10.4 Å². The highest BCUT2D eigenvalue weighted by molar-refractivity contribution is 5.78. The second-order valence-electron chi connectivity index (χ2n) is 4.47. The smallest absolute Gasteiger partial charge is 0.304 e. The number of hydrogen-bond donors (Lipinski definition) is 2. The van der Waals surface area contributed by atoms with Gasteiger partial charge in [-0.25, -0.2) is 0 Å². The first kappa shape index (κ1) is 15.2. The molecule has 2 N–H and O–H groups in total. The average molecular weight is 264 g/mol. The quantitative estimate of drug-likeness (QED) is 0.727. The topological polar surface area (TPSA) is 69.6 Å². The van der Waals surface area contributed by atoms with E-state index in [1.807, 2.05) is 30.3 Å². The molecular weight excluding hydrogens is 244 g/mol. The molecule has 0 aliphatic heterocycles. The van der Waals surface area contributed by atoms with E-state index in [9.17, 15) is 9.59 Å². The van der Waals surface area contributed by atoms with Crippen molar-refractivity contribution in [3.8, 4) is 0 Å². The molecule has 104 valence electrons. The van der Waals surface area contributed by atoms with E-state index in [4.69, 9.17) is 5.11 Å². The van der Waals surface area contributed by atoms with Gasteiger partial charge in [-0.1, -0.05) is 30.3 Å². The number of rotatable bonds is 8. The molecule has 1 amide bonds. The number of carboxylic acid groups (broad SMARTS) is 1. The Hall–Kier alpha value is -1.88. The zero-order chi connectivity index (χ0) is 14.1. The van der Waals surface area contributed by atoms with Crippen molar-refractivity contribution in [2.45, 2.75) is 12.8 Å². The van der Waals surface area contributed by atoms with Crippen molar-refractivity contribution in [3.63, 3.8) is 0 Å². The molecule has 0 fully saturated rings. The summed E-state index contributed by atoms with van der Waals surface area (Å²) in [4.78, 5) is 23.7. The first-order chi connectivity index (χ1) is 9.08. The predicted molar refractivity (Wildman–Crippen MR) is 72.9 cm³/mol. The molecule has 0 heterocycles. The molecule has 0 spiro atoms. The van der Waals surface area contributed by atoms with Crippen LogP contribution in [0.4, 0.5) is 0 Å². The Morgan fingerprint density at radius 2 is 1.95 bits per heavy atom. The van der Waals surface area contributed by atoms with Crippen LogP contribution in [0.25, 0.3) is 0 Å². The molecule has 0 aliphatic rings. The minimum atomic E-state index is -0.851. The van der Waals surface area contributed by atoms with Crippen LogP contribution in [0.2, 0.25) is 0 Å². The van der Waals surface area contributed by atoms with E-state index in [2.05, 4.69) is 5.32 Å². The highest BCUT2D eigenvalue weighted by Crippen LogP contribution is 1.98. The lowest BCUT2D eigenvalue weighted by Crippen LogP contribution is -2.36. The van der Waals surface area contributed by atoms with Crippen LogP contribution in [0.5, 0.6) is 0 Å². The number of nitrogens with zero attached hydrogens (tertiary/aromatic N) is 1. The van der Waals surface area contributed by atoms with E-state index in [1.165, 1.54) is 5.56 Å². The lowest BCUT2D eigenvalue weighted by atomic mass is 10.1. The first-order valence-electron chi connectivity index (χ1n) is 6.29. The normalized spacial score (nSPS) is 10.4. The molecule has 19 heavy (non-hydrogen) atoms. The summed E-state index contributed by atoms with van der Waals surface area (Å²) in [5.74, 6) is -0.930. The summed E-state index contributed by atoms with van der Waals surface area (Å²) in [5.41, 5.74) is 1.18. The molecular formula is C14H20N2O3. The van der Waals surface area contributed by atoms with E-state index in [-0.39, 0.29) is 18.9 Å². The molecule has 0 aliphatic carbocycles. The molecule has 1 aromatic rings. The van der Waals surface area contributed by atoms with Crippen LogP contribution in [-0.2, 0) is 16.0 Å². The third-order valence-electron chi connectivity index (χ3n) is 2.70. The molecule has 0 radical (unpaired) electrons. The summed E-state index contributed by atoms with van der Waals surface area (Å²) in [6, 6.07) is 9.93. The Bertz CT molecular complexity index is 406. The molecule has 1 rings (SSSR count). The van der Waals surface area contributed by atoms with Crippen LogP contribution < -0.4 is 5.32 Å². The molecule has 5 heteroatoms. The second kappa shape index (κ2) is 8.26. The van der Waals surface area contributed by atoms with Gasteiger partial charge >= 0.3 is 5.97 Å². The van der Waals surface area contributed by atoms with Gasteiger partial charge in [-0.2, -0.15) is 0 Å². The van der Waals surface area contributed by atoms with E-state index in [0.29, 0.717) is 13.1 Å². The lowest BCUT2D eigenvalue weighted by molar-refractivity contribution is -0.137. The zero-order valence-electron chi connectivity index (χ0n) is 11.1. The van der Waals surface area contributed by atoms with Crippen molar-refractivity contribution in [2.24, 2.45) is 0 Å². The molecule has 0 saturated heterocycles. The van der Waals surface area contributed by atoms with Crippen molar-refractivity contribution < 1.29 is 14.7 Å². The van der Waals surface area contributed by atoms with Crippen LogP contribution in [0.3, 0.4) is 0 Å². The molecule has 0 unspecified atom stereocenters. The largest absolute Gasteiger partial charge is 0.481 e. The summed E-state index contributed by atoms with van der Waals surface area (Å²) >= 11 is 0. The fraction of sp³-hybridized carbons (Fsp3) is 0.429. The van der Waals surface area contributed by atoms with Gasteiger partial charge in [0.15, 0.2) is 0 Å². The van der Waals surface area contributed by atoms with E-state index in [1.54, 1.807) is 11.9 Å². The van der Waals surface area contributed by atoms with Gasteiger partial charge in [0.1, 0.15) is 0 Å². The van der Waals surface area contributed by atoms with Crippen LogP contribution >= 0.6 is 0 Å². The number of likely N-dealkylation sites (N-methyl/N-ethyl adjacent to an activating group) is 1. The van der Waals surface area contributed by atoms with Gasteiger partial charge in [0.05, 0.1) is 13.0 Å². The molecule has 0 saturated carbocycles. The minimum Gasteiger partial charge on any atom is -0.481 e. The maximum atomic E-state index is 11.6. The summed E-state index contributed by atoms with van der Waals surface area (Å²) in [7, 11) is 1.74. The van der Waals surface area contributed by atoms with Crippen LogP contribution in [0, 0.1) is 0 Å². The predicted octanol–water partition coefficient (Wildman–Crippen LogP) is 0.752. The summed E-state index contributed by atoms with van der Waals surface area (Å²) in [6.07, 6.45) is 0.846. The Morgan fingerprint density at radius 3 is 2.58 bits per heavy atom. The molecule has 1 aromatic carbocycles. The van der Waals surface area contributed by atoms with Crippen molar-refractivity contribution in [1.82, 2.24) is 10.2 Å². The molecule has 0 aromatic heterocycles. The van der Waals surface area contributed by atoms with E-state index >= 15 is 0 Å². The monoisotopic (exact) mass is 264 g/mol. The number of carbonyl (C=O) groups is 2. The number of benzene rings is 1. The minimum absolute atomic E-state index is 0.0494. The van der Waals surface area contributed by atoms with Gasteiger partial charge in [0, 0.05) is 13.1 Å². The fourth-order valence-corrected chi connectivity index (χ4v) is 1.66. The van der Waals surface area contributed by atoms with Gasteiger partial charge in [0.25, 0.3) is 0 Å². The van der Waals surface area contributed by atoms with E-state index < -0.39 is 5.97 Å². The Balaban J connectivity index is 2.15. The average Bonchev–Trinajstić information content (AvgIpc) is 2.37. The van der Waals surface area contributed by atoms with Crippen LogP contribution in [-0.4, -0.2) is 48.6 Å². The number of carboxylic acids is 1. The number of nitrogens with one attached hydrogen (secondary N) is 1. The highest BCUT2D eigenvalue weighted by atomic mass is 16.4. The summed E-state index contributed by atoms with van der Waals surface area (Å²) < 4.78 is 0. The zero-order valence-corrected chi connectivity index (χ0v) is 11.1. The number of carbonyl (C=O) groups excluding carboxylic acids is 1. The van der Waals surface area contributed by atoms with Gasteiger partial charge in [-0.3, -0.25) is 14.5 Å². The Kier molecular flexibility index (Phi) is 6.60. The standard InChI is InChI=1S/C14H20N2O3/c1-16(10-8-14(18)19)11-13(17)15-9-7-12-5-3-2-4-6-12/h2-6H,7-11H2,1H3,(H,15,17)(H,18,19). The Morgan fingerprint density at radius 1 is 1.26 bits per heavy atom. The van der Waals surface area contributed by atoms with Crippen molar-refractivity contribution in [3.05, 3.63) is 35.9 Å². The summed E-state index contributed by atoms with van der Waals surface area (Å²) in [6.45, 7) is 1.19. The first-order valence-corrected chi connectivity index (χ1v) is 6.29. The van der Waals surface area contributed by atoms with Crippen molar-refractivity contribution in [2.75, 3.05) is 26.7 Å². The van der Waals surface area contributed by atoms with E-state index in [0.717, 1.165) is 6.42 Å². The second-order valence-corrected chi connectivity index (χ2v) is 4.47. The van der Waals surface area contributed by atoms with Gasteiger partial charge in [0.2, 0.25) is 5.91 Å². The maximum Gasteiger partial charge on any atom is 0.304 e. The highest BCUT2D eigenvalue weighted by Gasteiger charge is 2.07.